The van der Waals surface area contributed by atoms with E-state index in [0.29, 0.717) is 0 Å². The number of hydrogen-bond donors (Lipinski definition) is 2. The lowest BCUT2D eigenvalue weighted by Crippen LogP contribution is -2.39. The minimum absolute atomic E-state index is 0.186. The van der Waals surface area contributed by atoms with Gasteiger partial charge in [-0.25, -0.2) is 4.39 Å². The van der Waals surface area contributed by atoms with Crippen LogP contribution in [0, 0.1) is 5.82 Å². The number of guanidine groups is 1. The second kappa shape index (κ2) is 9.31. The van der Waals surface area contributed by atoms with Crippen LogP contribution in [0.3, 0.4) is 0 Å². The molecule has 0 aliphatic heterocycles. The first kappa shape index (κ1) is 16.4. The van der Waals surface area contributed by atoms with Crippen molar-refractivity contribution in [3.8, 4) is 0 Å². The van der Waals surface area contributed by atoms with E-state index in [2.05, 4.69) is 34.6 Å². The molecule has 1 aromatic carbocycles. The van der Waals surface area contributed by atoms with Crippen LogP contribution in [0.25, 0.3) is 0 Å². The first-order valence-electron chi connectivity index (χ1n) is 6.95. The Hall–Kier alpha value is -1.62. The van der Waals surface area contributed by atoms with Gasteiger partial charge in [-0.05, 0) is 51.2 Å². The predicted octanol–water partition coefficient (Wildman–Crippen LogP) is 1.48. The van der Waals surface area contributed by atoms with Gasteiger partial charge < -0.3 is 15.5 Å². The van der Waals surface area contributed by atoms with Crippen molar-refractivity contribution in [2.24, 2.45) is 4.99 Å². The summed E-state index contributed by atoms with van der Waals surface area (Å²) >= 11 is 0. The van der Waals surface area contributed by atoms with Crippen LogP contribution < -0.4 is 10.6 Å². The number of rotatable bonds is 7. The summed E-state index contributed by atoms with van der Waals surface area (Å²) < 4.78 is 13.0. The van der Waals surface area contributed by atoms with E-state index in [4.69, 9.17) is 0 Å². The third-order valence-corrected chi connectivity index (χ3v) is 2.89. The van der Waals surface area contributed by atoms with Crippen molar-refractivity contribution in [2.45, 2.75) is 12.8 Å². The fraction of sp³-hybridized carbons (Fsp3) is 0.533. The van der Waals surface area contributed by atoms with Crippen LogP contribution in [0.2, 0.25) is 0 Å². The van der Waals surface area contributed by atoms with Crippen molar-refractivity contribution in [3.05, 3.63) is 35.6 Å². The standard InChI is InChI=1S/C15H25FN4/c1-17-15(18-9-5-11-20(2)3)19-10-8-13-6-4-7-14(16)12-13/h4,6-7,12H,5,8-11H2,1-3H3,(H2,17,18,19). The Bertz CT molecular complexity index is 418. The lowest BCUT2D eigenvalue weighted by atomic mass is 10.1. The highest BCUT2D eigenvalue weighted by molar-refractivity contribution is 5.79. The number of aliphatic imine (C=N–C) groups is 1. The number of hydrogen-bond acceptors (Lipinski definition) is 2. The summed E-state index contributed by atoms with van der Waals surface area (Å²) in [5.74, 6) is 0.605. The minimum atomic E-state index is -0.186. The molecular weight excluding hydrogens is 255 g/mol. The van der Waals surface area contributed by atoms with Gasteiger partial charge in [0.1, 0.15) is 5.82 Å². The average Bonchev–Trinajstić information content (AvgIpc) is 2.41. The quantitative estimate of drug-likeness (QED) is 0.451. The zero-order valence-corrected chi connectivity index (χ0v) is 12.6. The van der Waals surface area contributed by atoms with Crippen LogP contribution >= 0.6 is 0 Å². The highest BCUT2D eigenvalue weighted by atomic mass is 19.1. The topological polar surface area (TPSA) is 39.7 Å². The molecular formula is C15H25FN4. The van der Waals surface area contributed by atoms with E-state index in [1.807, 2.05) is 6.07 Å². The third kappa shape index (κ3) is 7.09. The molecule has 0 spiro atoms. The second-order valence-electron chi connectivity index (χ2n) is 4.96. The van der Waals surface area contributed by atoms with Crippen LogP contribution in [0.5, 0.6) is 0 Å². The van der Waals surface area contributed by atoms with E-state index in [1.54, 1.807) is 19.2 Å². The summed E-state index contributed by atoms with van der Waals surface area (Å²) in [5, 5.41) is 6.49. The van der Waals surface area contributed by atoms with Crippen molar-refractivity contribution >= 4 is 5.96 Å². The molecule has 0 aliphatic carbocycles. The molecule has 5 heteroatoms. The maximum absolute atomic E-state index is 13.0. The van der Waals surface area contributed by atoms with E-state index in [0.717, 1.165) is 44.0 Å². The molecule has 0 unspecified atom stereocenters. The van der Waals surface area contributed by atoms with Gasteiger partial charge in [-0.2, -0.15) is 0 Å². The number of nitrogens with one attached hydrogen (secondary N) is 2. The Morgan fingerprint density at radius 2 is 2.00 bits per heavy atom. The zero-order valence-electron chi connectivity index (χ0n) is 12.6. The fourth-order valence-electron chi connectivity index (χ4n) is 1.84. The van der Waals surface area contributed by atoms with Crippen molar-refractivity contribution in [1.29, 1.82) is 0 Å². The van der Waals surface area contributed by atoms with Gasteiger partial charge in [0, 0.05) is 20.1 Å². The Morgan fingerprint density at radius 1 is 1.25 bits per heavy atom. The van der Waals surface area contributed by atoms with Crippen LogP contribution in [-0.2, 0) is 6.42 Å². The van der Waals surface area contributed by atoms with Crippen LogP contribution in [0.15, 0.2) is 29.3 Å². The van der Waals surface area contributed by atoms with Gasteiger partial charge >= 0.3 is 0 Å². The number of nitrogens with zero attached hydrogens (tertiary/aromatic N) is 2. The molecule has 2 N–H and O–H groups in total. The largest absolute Gasteiger partial charge is 0.356 e. The molecule has 20 heavy (non-hydrogen) atoms. The molecule has 4 nitrogen and oxygen atoms in total. The second-order valence-corrected chi connectivity index (χ2v) is 4.96. The Labute approximate surface area is 121 Å². The SMILES string of the molecule is CN=C(NCCCN(C)C)NCCc1cccc(F)c1. The molecule has 1 aromatic rings. The maximum atomic E-state index is 13.0. The highest BCUT2D eigenvalue weighted by Crippen LogP contribution is 2.03. The molecule has 0 bridgehead atoms. The average molecular weight is 280 g/mol. The van der Waals surface area contributed by atoms with Gasteiger partial charge in [0.15, 0.2) is 5.96 Å². The van der Waals surface area contributed by atoms with E-state index < -0.39 is 0 Å². The first-order valence-corrected chi connectivity index (χ1v) is 6.95. The van der Waals surface area contributed by atoms with Crippen molar-refractivity contribution < 1.29 is 4.39 Å². The molecule has 0 amide bonds. The monoisotopic (exact) mass is 280 g/mol. The van der Waals surface area contributed by atoms with Gasteiger partial charge in [0.25, 0.3) is 0 Å². The zero-order chi connectivity index (χ0) is 14.8. The highest BCUT2D eigenvalue weighted by Gasteiger charge is 1.99. The molecule has 0 saturated heterocycles. The van der Waals surface area contributed by atoms with Gasteiger partial charge in [0.05, 0.1) is 0 Å². The molecule has 0 fully saturated rings. The Kier molecular flexibility index (Phi) is 7.65. The summed E-state index contributed by atoms with van der Waals surface area (Å²) in [6, 6.07) is 6.69. The molecule has 112 valence electrons. The van der Waals surface area contributed by atoms with Crippen LogP contribution in [-0.4, -0.2) is 51.6 Å². The van der Waals surface area contributed by atoms with Gasteiger partial charge in [-0.3, -0.25) is 4.99 Å². The van der Waals surface area contributed by atoms with Gasteiger partial charge in [-0.1, -0.05) is 12.1 Å². The van der Waals surface area contributed by atoms with Crippen molar-refractivity contribution in [1.82, 2.24) is 15.5 Å². The Morgan fingerprint density at radius 3 is 2.65 bits per heavy atom. The summed E-state index contributed by atoms with van der Waals surface area (Å²) in [5.41, 5.74) is 0.987. The predicted molar refractivity (Wildman–Crippen MR) is 82.6 cm³/mol. The summed E-state index contributed by atoms with van der Waals surface area (Å²) in [7, 11) is 5.88. The van der Waals surface area contributed by atoms with E-state index in [1.165, 1.54) is 6.07 Å². The van der Waals surface area contributed by atoms with E-state index in [-0.39, 0.29) is 5.82 Å². The number of halogens is 1. The molecule has 0 radical (unpaired) electrons. The maximum Gasteiger partial charge on any atom is 0.190 e. The van der Waals surface area contributed by atoms with Crippen molar-refractivity contribution in [3.63, 3.8) is 0 Å². The summed E-state index contributed by atoms with van der Waals surface area (Å²) in [6.07, 6.45) is 1.84. The molecule has 0 atom stereocenters. The van der Waals surface area contributed by atoms with E-state index >= 15 is 0 Å². The molecule has 0 aliphatic rings. The lowest BCUT2D eigenvalue weighted by Gasteiger charge is -2.13. The van der Waals surface area contributed by atoms with E-state index in [9.17, 15) is 4.39 Å². The number of benzene rings is 1. The minimum Gasteiger partial charge on any atom is -0.356 e. The Balaban J connectivity index is 2.21. The summed E-state index contributed by atoms with van der Waals surface area (Å²) in [4.78, 5) is 6.31. The first-order chi connectivity index (χ1) is 9.61. The molecule has 0 aromatic heterocycles. The van der Waals surface area contributed by atoms with Gasteiger partial charge in [-0.15, -0.1) is 0 Å². The van der Waals surface area contributed by atoms with Crippen molar-refractivity contribution in [2.75, 3.05) is 40.8 Å². The summed E-state index contributed by atoms with van der Waals surface area (Å²) in [6.45, 7) is 2.67. The smallest absolute Gasteiger partial charge is 0.190 e. The normalized spacial score (nSPS) is 11.8. The molecule has 0 saturated carbocycles. The van der Waals surface area contributed by atoms with Gasteiger partial charge in [0.2, 0.25) is 0 Å². The lowest BCUT2D eigenvalue weighted by molar-refractivity contribution is 0.399. The third-order valence-electron chi connectivity index (χ3n) is 2.89. The van der Waals surface area contributed by atoms with Crippen LogP contribution in [0.4, 0.5) is 4.39 Å². The van der Waals surface area contributed by atoms with Crippen LogP contribution in [0.1, 0.15) is 12.0 Å². The molecule has 1 rings (SSSR count). The fourth-order valence-corrected chi connectivity index (χ4v) is 1.84. The molecule has 0 heterocycles.